The summed E-state index contributed by atoms with van der Waals surface area (Å²) >= 11 is 1.57. The van der Waals surface area contributed by atoms with Crippen molar-refractivity contribution in [3.05, 3.63) is 59.0 Å². The number of fused-ring (bicyclic) bond motifs is 1. The molecule has 35 heavy (non-hydrogen) atoms. The van der Waals surface area contributed by atoms with Crippen LogP contribution in [0.15, 0.2) is 54.2 Å². The number of anilines is 2. The van der Waals surface area contributed by atoms with Crippen molar-refractivity contribution >= 4 is 34.8 Å². The number of thiophene rings is 1. The fourth-order valence-corrected chi connectivity index (χ4v) is 4.87. The second-order valence-electron chi connectivity index (χ2n) is 8.31. The van der Waals surface area contributed by atoms with Crippen molar-refractivity contribution in [1.82, 2.24) is 9.97 Å². The number of carbonyl (C=O) groups excluding carboxylic acids is 2. The Morgan fingerprint density at radius 2 is 1.83 bits per heavy atom. The second-order valence-corrected chi connectivity index (χ2v) is 9.34. The Morgan fingerprint density at radius 1 is 1.06 bits per heavy atom. The minimum Gasteiger partial charge on any atom is -0.486 e. The first-order chi connectivity index (χ1) is 17.2. The number of ether oxygens (including phenoxy) is 3. The van der Waals surface area contributed by atoms with E-state index in [0.29, 0.717) is 68.8 Å². The van der Waals surface area contributed by atoms with E-state index in [9.17, 15) is 9.59 Å². The van der Waals surface area contributed by atoms with Crippen molar-refractivity contribution in [2.24, 2.45) is 5.92 Å². The predicted octanol–water partition coefficient (Wildman–Crippen LogP) is 3.30. The molecule has 1 aromatic carbocycles. The maximum atomic E-state index is 13.2. The summed E-state index contributed by atoms with van der Waals surface area (Å²) in [6, 6.07) is 11.1. The van der Waals surface area contributed by atoms with Crippen LogP contribution in [0.3, 0.4) is 0 Å². The Kier molecular flexibility index (Phi) is 7.08. The van der Waals surface area contributed by atoms with Gasteiger partial charge < -0.3 is 24.0 Å². The van der Waals surface area contributed by atoms with E-state index in [1.807, 2.05) is 23.6 Å². The van der Waals surface area contributed by atoms with Crippen molar-refractivity contribution in [3.63, 3.8) is 0 Å². The Bertz CT molecular complexity index is 1150. The number of piperidine rings is 1. The van der Waals surface area contributed by atoms with Gasteiger partial charge in [-0.15, -0.1) is 11.3 Å². The van der Waals surface area contributed by atoms with E-state index in [2.05, 4.69) is 14.9 Å². The molecule has 1 saturated heterocycles. The van der Waals surface area contributed by atoms with E-state index >= 15 is 0 Å². The first-order valence-corrected chi connectivity index (χ1v) is 12.5. The summed E-state index contributed by atoms with van der Waals surface area (Å²) in [5.41, 5.74) is 0.667. The topological polar surface area (TPSA) is 94.1 Å². The fraction of sp³-hybridized carbons (Fsp3) is 0.360. The minimum absolute atomic E-state index is 0.247. The van der Waals surface area contributed by atoms with E-state index in [-0.39, 0.29) is 24.4 Å². The molecule has 0 N–H and O–H groups in total. The maximum Gasteiger partial charge on any atom is 0.309 e. The highest BCUT2D eigenvalue weighted by atomic mass is 32.1. The van der Waals surface area contributed by atoms with Crippen LogP contribution in [-0.2, 0) is 20.9 Å². The van der Waals surface area contributed by atoms with E-state index < -0.39 is 0 Å². The quantitative estimate of drug-likeness (QED) is 0.462. The number of hydrogen-bond donors (Lipinski definition) is 0. The third-order valence-electron chi connectivity index (χ3n) is 6.03. The lowest BCUT2D eigenvalue weighted by molar-refractivity contribution is -0.152. The molecule has 0 atom stereocenters. The molecule has 9 nitrogen and oxygen atoms in total. The summed E-state index contributed by atoms with van der Waals surface area (Å²) in [6.07, 6.45) is 4.68. The van der Waals surface area contributed by atoms with Gasteiger partial charge in [-0.3, -0.25) is 9.59 Å². The Balaban J connectivity index is 1.21. The zero-order valence-corrected chi connectivity index (χ0v) is 20.0. The molecule has 0 bridgehead atoms. The first-order valence-electron chi connectivity index (χ1n) is 11.6. The largest absolute Gasteiger partial charge is 0.486 e. The lowest BCUT2D eigenvalue weighted by Gasteiger charge is -2.31. The van der Waals surface area contributed by atoms with E-state index in [4.69, 9.17) is 14.2 Å². The highest BCUT2D eigenvalue weighted by Gasteiger charge is 2.29. The zero-order valence-electron chi connectivity index (χ0n) is 19.2. The predicted molar refractivity (Wildman–Crippen MR) is 131 cm³/mol. The Labute approximate surface area is 207 Å². The van der Waals surface area contributed by atoms with Crippen LogP contribution in [-0.4, -0.2) is 54.8 Å². The smallest absolute Gasteiger partial charge is 0.309 e. The van der Waals surface area contributed by atoms with Gasteiger partial charge in [-0.25, -0.2) is 9.97 Å². The average Bonchev–Trinajstić information content (AvgIpc) is 3.44. The number of rotatable bonds is 7. The van der Waals surface area contributed by atoms with Gasteiger partial charge in [-0.2, -0.15) is 0 Å². The summed E-state index contributed by atoms with van der Waals surface area (Å²) in [6.45, 7) is 2.35. The number of benzene rings is 1. The lowest BCUT2D eigenvalue weighted by Crippen LogP contribution is -2.39. The Morgan fingerprint density at radius 3 is 2.57 bits per heavy atom. The van der Waals surface area contributed by atoms with Crippen LogP contribution in [0.25, 0.3) is 0 Å². The summed E-state index contributed by atoms with van der Waals surface area (Å²) < 4.78 is 16.8. The van der Waals surface area contributed by atoms with Gasteiger partial charge in [-0.1, -0.05) is 6.07 Å². The molecular formula is C25H26N4O5S. The molecule has 182 valence electrons. The zero-order chi connectivity index (χ0) is 24.0. The molecule has 0 unspecified atom stereocenters. The number of amides is 1. The molecule has 0 saturated carbocycles. The van der Waals surface area contributed by atoms with Crippen molar-refractivity contribution in [2.75, 3.05) is 42.7 Å². The molecular weight excluding hydrogens is 468 g/mol. The van der Waals surface area contributed by atoms with Crippen LogP contribution in [0.2, 0.25) is 0 Å². The maximum absolute atomic E-state index is 13.2. The highest BCUT2D eigenvalue weighted by Crippen LogP contribution is 2.35. The average molecular weight is 495 g/mol. The third kappa shape index (κ3) is 5.54. The molecule has 2 aliphatic heterocycles. The van der Waals surface area contributed by atoms with Crippen LogP contribution >= 0.6 is 11.3 Å². The number of aromatic nitrogens is 2. The van der Waals surface area contributed by atoms with E-state index in [1.165, 1.54) is 0 Å². The number of esters is 1. The van der Waals surface area contributed by atoms with Gasteiger partial charge in [-0.05, 0) is 42.5 Å². The van der Waals surface area contributed by atoms with Gasteiger partial charge in [0.1, 0.15) is 13.2 Å². The van der Waals surface area contributed by atoms with Crippen molar-refractivity contribution in [2.45, 2.75) is 19.4 Å². The van der Waals surface area contributed by atoms with Crippen molar-refractivity contribution in [3.8, 4) is 11.5 Å². The summed E-state index contributed by atoms with van der Waals surface area (Å²) in [5, 5.41) is 1.97. The van der Waals surface area contributed by atoms with Crippen LogP contribution in [0.5, 0.6) is 11.5 Å². The fourth-order valence-electron chi connectivity index (χ4n) is 4.18. The van der Waals surface area contributed by atoms with Gasteiger partial charge in [0.15, 0.2) is 18.1 Å². The monoisotopic (exact) mass is 494 g/mol. The van der Waals surface area contributed by atoms with Gasteiger partial charge in [0.25, 0.3) is 5.91 Å². The molecule has 5 rings (SSSR count). The molecule has 3 aromatic rings. The molecule has 2 aromatic heterocycles. The molecule has 10 heteroatoms. The highest BCUT2D eigenvalue weighted by molar-refractivity contribution is 7.09. The molecule has 2 aliphatic rings. The van der Waals surface area contributed by atoms with E-state index in [1.54, 1.807) is 46.8 Å². The second kappa shape index (κ2) is 10.7. The SMILES string of the molecule is O=C(OCC(=O)N(Cc1cccs1)c1ccc2c(c1)OCCO2)C1CCN(c2ncccn2)CC1. The lowest BCUT2D eigenvalue weighted by atomic mass is 9.97. The number of carbonyl (C=O) groups is 2. The molecule has 0 aliphatic carbocycles. The van der Waals surface area contributed by atoms with Gasteiger partial charge in [0, 0.05) is 42.1 Å². The van der Waals surface area contributed by atoms with Crippen molar-refractivity contribution in [1.29, 1.82) is 0 Å². The molecule has 4 heterocycles. The first kappa shape index (κ1) is 23.1. The standard InChI is InChI=1S/C25H26N4O5S/c30-23(17-34-24(31)18-6-10-28(11-7-18)25-26-8-2-9-27-25)29(16-20-3-1-14-35-20)19-4-5-21-22(15-19)33-13-12-32-21/h1-5,8-9,14-15,18H,6-7,10-13,16-17H2. The van der Waals surface area contributed by atoms with Crippen LogP contribution in [0, 0.1) is 5.92 Å². The van der Waals surface area contributed by atoms with Crippen molar-refractivity contribution < 1.29 is 23.8 Å². The Hall–Kier alpha value is -3.66. The minimum atomic E-state index is -0.342. The van der Waals surface area contributed by atoms with Gasteiger partial charge >= 0.3 is 5.97 Å². The van der Waals surface area contributed by atoms with Crippen LogP contribution in [0.1, 0.15) is 17.7 Å². The summed E-state index contributed by atoms with van der Waals surface area (Å²) in [4.78, 5) is 39.2. The molecule has 1 amide bonds. The number of nitrogens with zero attached hydrogens (tertiary/aromatic N) is 4. The van der Waals surface area contributed by atoms with Crippen LogP contribution in [0.4, 0.5) is 11.6 Å². The van der Waals surface area contributed by atoms with E-state index in [0.717, 1.165) is 4.88 Å². The molecule has 1 fully saturated rings. The van der Waals surface area contributed by atoms with Crippen LogP contribution < -0.4 is 19.3 Å². The summed E-state index contributed by atoms with van der Waals surface area (Å²) in [5.74, 6) is 1.04. The van der Waals surface area contributed by atoms with Gasteiger partial charge in [0.05, 0.1) is 12.5 Å². The molecule has 0 radical (unpaired) electrons. The third-order valence-corrected chi connectivity index (χ3v) is 6.89. The number of hydrogen-bond acceptors (Lipinski definition) is 9. The summed E-state index contributed by atoms with van der Waals surface area (Å²) in [7, 11) is 0. The van der Waals surface area contributed by atoms with Gasteiger partial charge in [0.2, 0.25) is 5.95 Å². The molecule has 0 spiro atoms. The normalized spacial score (nSPS) is 15.5.